The Hall–Kier alpha value is -1.00. The van der Waals surface area contributed by atoms with E-state index < -0.39 is 12.6 Å². The molecule has 0 aromatic carbocycles. The van der Waals surface area contributed by atoms with Crippen molar-refractivity contribution in [1.82, 2.24) is 0 Å². The smallest absolute Gasteiger partial charge is 0.392 e. The number of hydrogen-bond acceptors (Lipinski definition) is 2. The Balaban J connectivity index is 3.14. The second-order valence-corrected chi connectivity index (χ2v) is 5.25. The van der Waals surface area contributed by atoms with Gasteiger partial charge in [-0.2, -0.15) is 13.2 Å². The summed E-state index contributed by atoms with van der Waals surface area (Å²) in [6, 6.07) is 0. The summed E-state index contributed by atoms with van der Waals surface area (Å²) in [5.41, 5.74) is 0. The van der Waals surface area contributed by atoms with Gasteiger partial charge in [0.2, 0.25) is 0 Å². The van der Waals surface area contributed by atoms with Gasteiger partial charge in [-0.1, -0.05) is 50.7 Å². The van der Waals surface area contributed by atoms with Gasteiger partial charge in [0.15, 0.2) is 0 Å². The molecule has 0 bridgehead atoms. The van der Waals surface area contributed by atoms with E-state index in [4.69, 9.17) is 4.74 Å². The van der Waals surface area contributed by atoms with Crippen LogP contribution in [0.15, 0.2) is 12.2 Å². The molecule has 5 heteroatoms. The summed E-state index contributed by atoms with van der Waals surface area (Å²) in [6.07, 6.45) is 7.33. The van der Waals surface area contributed by atoms with Crippen molar-refractivity contribution < 1.29 is 22.7 Å². The van der Waals surface area contributed by atoms with E-state index in [1.165, 1.54) is 25.8 Å². The first-order valence-electron chi connectivity index (χ1n) is 7.77. The minimum Gasteiger partial charge on any atom is -0.466 e. The Bertz CT molecular complexity index is 286. The summed E-state index contributed by atoms with van der Waals surface area (Å²) >= 11 is 0. The van der Waals surface area contributed by atoms with E-state index in [2.05, 4.69) is 0 Å². The lowest BCUT2D eigenvalue weighted by Gasteiger charge is -2.03. The number of ether oxygens (including phenoxy) is 1. The van der Waals surface area contributed by atoms with E-state index in [9.17, 15) is 18.0 Å². The molecule has 0 aromatic heterocycles. The Morgan fingerprint density at radius 1 is 0.905 bits per heavy atom. The zero-order valence-electron chi connectivity index (χ0n) is 12.9. The molecule has 0 saturated heterocycles. The maximum absolute atomic E-state index is 11.8. The first kappa shape index (κ1) is 20.0. The first-order chi connectivity index (χ1) is 9.92. The fourth-order valence-corrected chi connectivity index (χ4v) is 1.98. The van der Waals surface area contributed by atoms with Crippen LogP contribution in [0.1, 0.15) is 71.1 Å². The number of alkyl halides is 3. The molecule has 0 radical (unpaired) electrons. The molecule has 0 unspecified atom stereocenters. The normalized spacial score (nSPS) is 12.0. The molecule has 0 heterocycles. The maximum Gasteiger partial charge on any atom is 0.392 e. The van der Waals surface area contributed by atoms with Crippen LogP contribution in [0, 0.1) is 0 Å². The molecular weight excluding hydrogens is 281 g/mol. The van der Waals surface area contributed by atoms with Crippen molar-refractivity contribution in [3.8, 4) is 0 Å². The number of hydrogen-bond donors (Lipinski definition) is 0. The zero-order chi connectivity index (χ0) is 16.0. The molecule has 0 fully saturated rings. The van der Waals surface area contributed by atoms with E-state index >= 15 is 0 Å². The third-order valence-corrected chi connectivity index (χ3v) is 3.09. The summed E-state index contributed by atoms with van der Waals surface area (Å²) in [7, 11) is 0. The Kier molecular flexibility index (Phi) is 12.1. The van der Waals surface area contributed by atoms with Gasteiger partial charge in [0, 0.05) is 6.92 Å². The summed E-state index contributed by atoms with van der Waals surface area (Å²) in [5, 5.41) is 0. The monoisotopic (exact) mass is 308 g/mol. The van der Waals surface area contributed by atoms with Crippen LogP contribution in [0.25, 0.3) is 0 Å². The van der Waals surface area contributed by atoms with Crippen molar-refractivity contribution in [2.24, 2.45) is 0 Å². The number of allylic oxidation sites excluding steroid dienone is 2. The van der Waals surface area contributed by atoms with Crippen molar-refractivity contribution >= 4 is 5.97 Å². The topological polar surface area (TPSA) is 26.3 Å². The fourth-order valence-electron chi connectivity index (χ4n) is 1.98. The average Bonchev–Trinajstić information content (AvgIpc) is 2.37. The molecule has 0 aliphatic heterocycles. The molecule has 21 heavy (non-hydrogen) atoms. The second kappa shape index (κ2) is 12.7. The van der Waals surface area contributed by atoms with Gasteiger partial charge in [-0.05, 0) is 19.3 Å². The lowest BCUT2D eigenvalue weighted by molar-refractivity contribution is -0.141. The van der Waals surface area contributed by atoms with Crippen molar-refractivity contribution in [1.29, 1.82) is 0 Å². The highest BCUT2D eigenvalue weighted by Gasteiger charge is 2.24. The molecule has 0 aliphatic rings. The van der Waals surface area contributed by atoms with Crippen LogP contribution in [0.4, 0.5) is 13.2 Å². The van der Waals surface area contributed by atoms with E-state index in [-0.39, 0.29) is 5.97 Å². The standard InChI is InChI=1S/C16H27F3O2/c1-15(20)21-14-12-10-8-6-4-2-3-5-7-9-11-13-16(17,18)19/h9,11H,2-8,10,12-14H2,1H3/b11-9+. The molecule has 124 valence electrons. The van der Waals surface area contributed by atoms with Gasteiger partial charge in [0.1, 0.15) is 0 Å². The van der Waals surface area contributed by atoms with Gasteiger partial charge in [0.25, 0.3) is 0 Å². The van der Waals surface area contributed by atoms with Crippen LogP contribution in [-0.2, 0) is 9.53 Å². The number of carbonyl (C=O) groups is 1. The van der Waals surface area contributed by atoms with E-state index in [0.29, 0.717) is 6.61 Å². The molecule has 0 aliphatic carbocycles. The molecule has 0 spiro atoms. The van der Waals surface area contributed by atoms with Gasteiger partial charge in [-0.3, -0.25) is 4.79 Å². The molecule has 0 saturated carbocycles. The predicted molar refractivity (Wildman–Crippen MR) is 78.0 cm³/mol. The molecule has 0 rings (SSSR count). The minimum atomic E-state index is -4.08. The van der Waals surface area contributed by atoms with Crippen molar-refractivity contribution in [3.05, 3.63) is 12.2 Å². The summed E-state index contributed by atoms with van der Waals surface area (Å²) in [6.45, 7) is 1.93. The zero-order valence-corrected chi connectivity index (χ0v) is 12.9. The van der Waals surface area contributed by atoms with Gasteiger partial charge >= 0.3 is 12.1 Å². The van der Waals surface area contributed by atoms with Crippen LogP contribution >= 0.6 is 0 Å². The van der Waals surface area contributed by atoms with Gasteiger partial charge < -0.3 is 4.74 Å². The minimum absolute atomic E-state index is 0.223. The summed E-state index contributed by atoms with van der Waals surface area (Å²) in [5.74, 6) is -0.223. The quantitative estimate of drug-likeness (QED) is 0.268. The van der Waals surface area contributed by atoms with E-state index in [1.807, 2.05) is 0 Å². The third-order valence-electron chi connectivity index (χ3n) is 3.09. The summed E-state index contributed by atoms with van der Waals surface area (Å²) in [4.78, 5) is 10.5. The van der Waals surface area contributed by atoms with Crippen LogP contribution in [0.5, 0.6) is 0 Å². The molecule has 2 nitrogen and oxygen atoms in total. The predicted octanol–water partition coefficient (Wildman–Crippen LogP) is 5.57. The largest absolute Gasteiger partial charge is 0.466 e. The van der Waals surface area contributed by atoms with Gasteiger partial charge in [0.05, 0.1) is 13.0 Å². The molecule has 0 atom stereocenters. The highest BCUT2D eigenvalue weighted by Crippen LogP contribution is 2.20. The van der Waals surface area contributed by atoms with Crippen LogP contribution in [-0.4, -0.2) is 18.8 Å². The highest BCUT2D eigenvalue weighted by molar-refractivity contribution is 5.65. The van der Waals surface area contributed by atoms with Crippen LogP contribution < -0.4 is 0 Å². The van der Waals surface area contributed by atoms with Crippen LogP contribution in [0.2, 0.25) is 0 Å². The van der Waals surface area contributed by atoms with Crippen LogP contribution in [0.3, 0.4) is 0 Å². The lowest BCUT2D eigenvalue weighted by Crippen LogP contribution is -2.03. The van der Waals surface area contributed by atoms with Gasteiger partial charge in [-0.15, -0.1) is 0 Å². The Labute approximate surface area is 125 Å². The van der Waals surface area contributed by atoms with Crippen molar-refractivity contribution in [2.45, 2.75) is 77.3 Å². The number of unbranched alkanes of at least 4 members (excludes halogenated alkanes) is 8. The SMILES string of the molecule is CC(=O)OCCCCCCCCCC/C=C/CC(F)(F)F. The van der Waals surface area contributed by atoms with Crippen molar-refractivity contribution in [2.75, 3.05) is 6.61 Å². The lowest BCUT2D eigenvalue weighted by atomic mass is 10.1. The Morgan fingerprint density at radius 2 is 1.43 bits per heavy atom. The third kappa shape index (κ3) is 19.0. The number of halogens is 3. The highest BCUT2D eigenvalue weighted by atomic mass is 19.4. The maximum atomic E-state index is 11.8. The Morgan fingerprint density at radius 3 is 1.95 bits per heavy atom. The number of esters is 1. The average molecular weight is 308 g/mol. The molecular formula is C16H27F3O2. The van der Waals surface area contributed by atoms with E-state index in [1.54, 1.807) is 6.08 Å². The molecule has 0 N–H and O–H groups in total. The molecule has 0 amide bonds. The van der Waals surface area contributed by atoms with Gasteiger partial charge in [-0.25, -0.2) is 0 Å². The second-order valence-electron chi connectivity index (χ2n) is 5.25. The number of rotatable bonds is 12. The number of carbonyl (C=O) groups excluding carboxylic acids is 1. The first-order valence-corrected chi connectivity index (χ1v) is 7.77. The van der Waals surface area contributed by atoms with E-state index in [0.717, 1.165) is 44.9 Å². The summed E-state index contributed by atoms with van der Waals surface area (Å²) < 4.78 is 40.4. The molecule has 0 aromatic rings. The fraction of sp³-hybridized carbons (Fsp3) is 0.812. The van der Waals surface area contributed by atoms with Crippen molar-refractivity contribution in [3.63, 3.8) is 0 Å².